The number of carbonyl (C=O) groups excluding carboxylic acids is 1. The van der Waals surface area contributed by atoms with Crippen LogP contribution in [0.25, 0.3) is 5.69 Å². The Morgan fingerprint density at radius 1 is 1.24 bits per heavy atom. The highest BCUT2D eigenvalue weighted by atomic mass is 16.1. The Hall–Kier alpha value is -2.95. The molecule has 1 aromatic carbocycles. The molecule has 25 heavy (non-hydrogen) atoms. The van der Waals surface area contributed by atoms with E-state index in [2.05, 4.69) is 21.5 Å². The fraction of sp³-hybridized carbons (Fsp3) is 0.250. The van der Waals surface area contributed by atoms with Crippen molar-refractivity contribution in [3.05, 3.63) is 71.8 Å². The number of aryl methyl sites for hydroxylation is 1. The zero-order chi connectivity index (χ0) is 17.2. The lowest BCUT2D eigenvalue weighted by molar-refractivity contribution is -0.115. The minimum atomic E-state index is -0.0469. The first kappa shape index (κ1) is 15.6. The average molecular weight is 332 g/mol. The SMILES string of the molecule is Cc1cc(C2CC2)n(-c2ccc(NC(=O)Cc3cccnc3)cc2)n1. The Labute approximate surface area is 146 Å². The van der Waals surface area contributed by atoms with Crippen molar-refractivity contribution in [3.63, 3.8) is 0 Å². The van der Waals surface area contributed by atoms with Crippen LogP contribution in [0.15, 0.2) is 54.9 Å². The molecule has 0 atom stereocenters. The number of aromatic nitrogens is 3. The fourth-order valence-corrected chi connectivity index (χ4v) is 2.98. The molecule has 1 saturated carbocycles. The second-order valence-corrected chi connectivity index (χ2v) is 6.53. The van der Waals surface area contributed by atoms with Crippen LogP contribution in [0.2, 0.25) is 0 Å². The van der Waals surface area contributed by atoms with E-state index in [1.165, 1.54) is 18.5 Å². The molecule has 0 saturated heterocycles. The highest BCUT2D eigenvalue weighted by molar-refractivity contribution is 5.92. The average Bonchev–Trinajstić information content (AvgIpc) is 3.38. The molecule has 1 aliphatic carbocycles. The van der Waals surface area contributed by atoms with Gasteiger partial charge >= 0.3 is 0 Å². The van der Waals surface area contributed by atoms with Gasteiger partial charge in [-0.3, -0.25) is 9.78 Å². The molecule has 2 heterocycles. The van der Waals surface area contributed by atoms with Crippen LogP contribution in [0.5, 0.6) is 0 Å². The van der Waals surface area contributed by atoms with Crippen molar-refractivity contribution in [2.75, 3.05) is 5.32 Å². The molecular formula is C20H20N4O. The molecule has 0 aliphatic heterocycles. The van der Waals surface area contributed by atoms with E-state index in [9.17, 15) is 4.79 Å². The number of hydrogen-bond acceptors (Lipinski definition) is 3. The Balaban J connectivity index is 1.46. The molecule has 4 rings (SSSR count). The van der Waals surface area contributed by atoms with Crippen molar-refractivity contribution >= 4 is 11.6 Å². The summed E-state index contributed by atoms with van der Waals surface area (Å²) in [4.78, 5) is 16.2. The number of carbonyl (C=O) groups is 1. The number of benzene rings is 1. The zero-order valence-electron chi connectivity index (χ0n) is 14.1. The number of pyridine rings is 1. The summed E-state index contributed by atoms with van der Waals surface area (Å²) in [5.74, 6) is 0.592. The van der Waals surface area contributed by atoms with Gasteiger partial charge in [0.25, 0.3) is 0 Å². The minimum absolute atomic E-state index is 0.0469. The molecule has 0 spiro atoms. The number of hydrogen-bond donors (Lipinski definition) is 1. The van der Waals surface area contributed by atoms with Crippen molar-refractivity contribution in [1.29, 1.82) is 0 Å². The van der Waals surface area contributed by atoms with Gasteiger partial charge < -0.3 is 5.32 Å². The lowest BCUT2D eigenvalue weighted by atomic mass is 10.2. The summed E-state index contributed by atoms with van der Waals surface area (Å²) in [6, 6.07) is 13.7. The molecule has 1 fully saturated rings. The molecule has 5 heteroatoms. The number of nitrogens with zero attached hydrogens (tertiary/aromatic N) is 3. The van der Waals surface area contributed by atoms with Crippen LogP contribution in [-0.4, -0.2) is 20.7 Å². The Bertz CT molecular complexity index is 880. The lowest BCUT2D eigenvalue weighted by Gasteiger charge is -2.09. The smallest absolute Gasteiger partial charge is 0.228 e. The monoisotopic (exact) mass is 332 g/mol. The number of rotatable bonds is 5. The number of anilines is 1. The highest BCUT2D eigenvalue weighted by Gasteiger charge is 2.28. The third kappa shape index (κ3) is 3.60. The molecule has 126 valence electrons. The quantitative estimate of drug-likeness (QED) is 0.776. The number of nitrogens with one attached hydrogen (secondary N) is 1. The standard InChI is InChI=1S/C20H20N4O/c1-14-11-19(16-4-5-16)24(23-14)18-8-6-17(7-9-18)22-20(25)12-15-3-2-10-21-13-15/h2-3,6-11,13,16H,4-5,12H2,1H3,(H,22,25). The molecule has 1 amide bonds. The predicted octanol–water partition coefficient (Wildman–Crippen LogP) is 3.63. The van der Waals surface area contributed by atoms with Crippen LogP contribution in [0, 0.1) is 6.92 Å². The first-order valence-corrected chi connectivity index (χ1v) is 8.55. The molecule has 0 unspecified atom stereocenters. The Kier molecular flexibility index (Phi) is 4.06. The molecule has 3 aromatic rings. The number of amides is 1. The van der Waals surface area contributed by atoms with Gasteiger partial charge in [0, 0.05) is 29.7 Å². The third-order valence-corrected chi connectivity index (χ3v) is 4.34. The predicted molar refractivity (Wildman–Crippen MR) is 96.8 cm³/mol. The molecule has 1 N–H and O–H groups in total. The van der Waals surface area contributed by atoms with Gasteiger partial charge in [-0.2, -0.15) is 5.10 Å². The molecular weight excluding hydrogens is 312 g/mol. The molecule has 0 bridgehead atoms. The molecule has 1 aliphatic rings. The lowest BCUT2D eigenvalue weighted by Crippen LogP contribution is -2.14. The van der Waals surface area contributed by atoms with Crippen molar-refractivity contribution < 1.29 is 4.79 Å². The van der Waals surface area contributed by atoms with E-state index in [0.717, 1.165) is 22.6 Å². The summed E-state index contributed by atoms with van der Waals surface area (Å²) in [5, 5.41) is 7.54. The van der Waals surface area contributed by atoms with E-state index in [0.29, 0.717) is 12.3 Å². The second-order valence-electron chi connectivity index (χ2n) is 6.53. The largest absolute Gasteiger partial charge is 0.326 e. The van der Waals surface area contributed by atoms with Gasteiger partial charge in [0.15, 0.2) is 0 Å². The van der Waals surface area contributed by atoms with Crippen molar-refractivity contribution in [1.82, 2.24) is 14.8 Å². The van der Waals surface area contributed by atoms with Gasteiger partial charge in [-0.25, -0.2) is 4.68 Å². The topological polar surface area (TPSA) is 59.8 Å². The normalized spacial score (nSPS) is 13.6. The highest BCUT2D eigenvalue weighted by Crippen LogP contribution is 2.41. The summed E-state index contributed by atoms with van der Waals surface area (Å²) >= 11 is 0. The fourth-order valence-electron chi connectivity index (χ4n) is 2.98. The Morgan fingerprint density at radius 2 is 2.04 bits per heavy atom. The van der Waals surface area contributed by atoms with Crippen LogP contribution < -0.4 is 5.32 Å². The van der Waals surface area contributed by atoms with E-state index in [1.807, 2.05) is 48.0 Å². The van der Waals surface area contributed by atoms with E-state index in [1.54, 1.807) is 12.4 Å². The van der Waals surface area contributed by atoms with E-state index in [4.69, 9.17) is 0 Å². The van der Waals surface area contributed by atoms with Crippen LogP contribution in [0.4, 0.5) is 5.69 Å². The van der Waals surface area contributed by atoms with Gasteiger partial charge in [-0.1, -0.05) is 6.07 Å². The van der Waals surface area contributed by atoms with E-state index < -0.39 is 0 Å². The van der Waals surface area contributed by atoms with Crippen LogP contribution in [0.1, 0.15) is 35.7 Å². The van der Waals surface area contributed by atoms with Crippen LogP contribution in [-0.2, 0) is 11.2 Å². The van der Waals surface area contributed by atoms with Crippen molar-refractivity contribution in [2.24, 2.45) is 0 Å². The van der Waals surface area contributed by atoms with Gasteiger partial charge in [-0.15, -0.1) is 0 Å². The van der Waals surface area contributed by atoms with Gasteiger partial charge in [0.05, 0.1) is 17.8 Å². The first-order chi connectivity index (χ1) is 12.2. The minimum Gasteiger partial charge on any atom is -0.326 e. The van der Waals surface area contributed by atoms with Gasteiger partial charge in [-0.05, 0) is 61.7 Å². The van der Waals surface area contributed by atoms with Gasteiger partial charge in [0.2, 0.25) is 5.91 Å². The molecule has 0 radical (unpaired) electrons. The van der Waals surface area contributed by atoms with Crippen LogP contribution >= 0.6 is 0 Å². The van der Waals surface area contributed by atoms with Crippen LogP contribution in [0.3, 0.4) is 0 Å². The third-order valence-electron chi connectivity index (χ3n) is 4.34. The summed E-state index contributed by atoms with van der Waals surface area (Å²) in [6.45, 7) is 2.02. The van der Waals surface area contributed by atoms with Crippen molar-refractivity contribution in [3.8, 4) is 5.69 Å². The maximum atomic E-state index is 12.1. The first-order valence-electron chi connectivity index (χ1n) is 8.55. The summed E-state index contributed by atoms with van der Waals surface area (Å²) < 4.78 is 2.02. The zero-order valence-corrected chi connectivity index (χ0v) is 14.1. The molecule has 2 aromatic heterocycles. The summed E-state index contributed by atoms with van der Waals surface area (Å²) in [7, 11) is 0. The summed E-state index contributed by atoms with van der Waals surface area (Å²) in [5.41, 5.74) is 5.04. The Morgan fingerprint density at radius 3 is 2.72 bits per heavy atom. The maximum Gasteiger partial charge on any atom is 0.228 e. The summed E-state index contributed by atoms with van der Waals surface area (Å²) in [6.07, 6.45) is 6.22. The van der Waals surface area contributed by atoms with E-state index in [-0.39, 0.29) is 5.91 Å². The maximum absolute atomic E-state index is 12.1. The van der Waals surface area contributed by atoms with Gasteiger partial charge in [0.1, 0.15) is 0 Å². The second kappa shape index (κ2) is 6.51. The molecule has 5 nitrogen and oxygen atoms in total. The van der Waals surface area contributed by atoms with Crippen molar-refractivity contribution in [2.45, 2.75) is 32.1 Å². The van der Waals surface area contributed by atoms with E-state index >= 15 is 0 Å².